The highest BCUT2D eigenvalue weighted by Gasteiger charge is 2.54. The van der Waals surface area contributed by atoms with Crippen LogP contribution in [0, 0.1) is 11.8 Å². The Morgan fingerprint density at radius 2 is 1.81 bits per heavy atom. The van der Waals surface area contributed by atoms with Crippen LogP contribution in [0.15, 0.2) is 79.1 Å². The molecule has 1 fully saturated rings. The zero-order chi connectivity index (χ0) is 25.0. The van der Waals surface area contributed by atoms with Crippen LogP contribution in [0.3, 0.4) is 0 Å². The normalized spacial score (nSPS) is 19.8. The van der Waals surface area contributed by atoms with Gasteiger partial charge in [0.25, 0.3) is 11.8 Å². The minimum absolute atomic E-state index is 0.158. The van der Waals surface area contributed by atoms with Gasteiger partial charge >= 0.3 is 0 Å². The number of benzene rings is 2. The molecule has 2 heterocycles. The quantitative estimate of drug-likeness (QED) is 0.577. The summed E-state index contributed by atoms with van der Waals surface area (Å²) in [4.78, 5) is 31.8. The smallest absolute Gasteiger partial charge is 0.298 e. The third-order valence-electron chi connectivity index (χ3n) is 7.27. The first-order valence-corrected chi connectivity index (χ1v) is 12.4. The second-order valence-electron chi connectivity index (χ2n) is 9.22. The number of aromatic nitrogens is 1. The van der Waals surface area contributed by atoms with E-state index >= 15 is 0 Å². The number of pyridine rings is 1. The van der Waals surface area contributed by atoms with Crippen LogP contribution in [0.25, 0.3) is 0 Å². The van der Waals surface area contributed by atoms with Crippen molar-refractivity contribution in [2.45, 2.75) is 37.3 Å². The lowest BCUT2D eigenvalue weighted by molar-refractivity contribution is -0.128. The van der Waals surface area contributed by atoms with E-state index in [2.05, 4.69) is 34.3 Å². The van der Waals surface area contributed by atoms with E-state index in [1.165, 1.54) is 5.56 Å². The molecule has 1 saturated heterocycles. The first-order chi connectivity index (χ1) is 17.6. The summed E-state index contributed by atoms with van der Waals surface area (Å²) in [5, 5.41) is 3.22. The van der Waals surface area contributed by atoms with E-state index in [-0.39, 0.29) is 29.4 Å². The summed E-state index contributed by atoms with van der Waals surface area (Å²) in [5.74, 6) is 5.44. The van der Waals surface area contributed by atoms with Gasteiger partial charge in [0.05, 0.1) is 17.7 Å². The molecule has 6 heteroatoms. The number of nitrogens with zero attached hydrogens (tertiary/aromatic N) is 2. The van der Waals surface area contributed by atoms with Crippen molar-refractivity contribution >= 4 is 11.8 Å². The van der Waals surface area contributed by atoms with Gasteiger partial charge in [-0.25, -0.2) is 0 Å². The van der Waals surface area contributed by atoms with E-state index < -0.39 is 0 Å². The molecule has 0 unspecified atom stereocenters. The van der Waals surface area contributed by atoms with E-state index in [4.69, 9.17) is 4.74 Å². The summed E-state index contributed by atoms with van der Waals surface area (Å²) in [6.45, 7) is 3.69. The molecule has 0 bridgehead atoms. The molecule has 1 aromatic heterocycles. The third kappa shape index (κ3) is 4.50. The molecule has 2 amide bonds. The lowest BCUT2D eigenvalue weighted by Crippen LogP contribution is -2.51. The highest BCUT2D eigenvalue weighted by atomic mass is 16.5. The predicted molar refractivity (Wildman–Crippen MR) is 137 cm³/mol. The molecule has 2 atom stereocenters. The number of carbonyl (C=O) groups excluding carboxylic acids is 2. The van der Waals surface area contributed by atoms with E-state index in [9.17, 15) is 9.59 Å². The Hall–Kier alpha value is -3.95. The maximum Gasteiger partial charge on any atom is 0.298 e. The Kier molecular flexibility index (Phi) is 6.84. The van der Waals surface area contributed by atoms with Crippen molar-refractivity contribution in [3.63, 3.8) is 0 Å². The van der Waals surface area contributed by atoms with Crippen molar-refractivity contribution in [1.29, 1.82) is 0 Å². The molecule has 1 aliphatic heterocycles. The first kappa shape index (κ1) is 23.8. The van der Waals surface area contributed by atoms with Crippen molar-refractivity contribution in [1.82, 2.24) is 15.2 Å². The standard InChI is InChI=1S/C30H29N3O3/c1-2-36-28-27(32-29(35)23-11-8-18-31-21-23)24-12-6-7-13-25(24)30(28)16-19-33(20-17-30)26(34)15-14-22-9-4-3-5-10-22/h3-13,18,21,27-28H,2,16-17,19-20H2,1H3,(H,32,35)/t27-,28+/m1/s1. The SMILES string of the molecule is CCO[C@H]1[C@H](NC(=O)c2cccnc2)c2ccccc2C12CCN(C(=O)C#Cc1ccccc1)CC2. The van der Waals surface area contributed by atoms with Gasteiger partial charge in [-0.1, -0.05) is 48.4 Å². The fraction of sp³-hybridized carbons (Fsp3) is 0.300. The molecule has 1 aliphatic carbocycles. The minimum atomic E-state index is -0.289. The molecular weight excluding hydrogens is 450 g/mol. The van der Waals surface area contributed by atoms with Gasteiger partial charge in [-0.3, -0.25) is 14.6 Å². The fourth-order valence-electron chi connectivity index (χ4n) is 5.56. The molecule has 36 heavy (non-hydrogen) atoms. The molecule has 3 aromatic rings. The van der Waals surface area contributed by atoms with Gasteiger partial charge in [0.1, 0.15) is 0 Å². The van der Waals surface area contributed by atoms with Gasteiger partial charge in [0, 0.05) is 49.0 Å². The lowest BCUT2D eigenvalue weighted by Gasteiger charge is -2.44. The van der Waals surface area contributed by atoms with Gasteiger partial charge in [-0.05, 0) is 55.2 Å². The maximum atomic E-state index is 13.1. The first-order valence-electron chi connectivity index (χ1n) is 12.4. The molecule has 0 saturated carbocycles. The van der Waals surface area contributed by atoms with E-state index in [0.29, 0.717) is 25.3 Å². The Balaban J connectivity index is 1.38. The molecule has 182 valence electrons. The van der Waals surface area contributed by atoms with Gasteiger partial charge in [0.15, 0.2) is 0 Å². The fourth-order valence-corrected chi connectivity index (χ4v) is 5.56. The van der Waals surface area contributed by atoms with E-state index in [1.54, 1.807) is 24.5 Å². The van der Waals surface area contributed by atoms with Crippen molar-refractivity contribution in [3.05, 3.63) is 101 Å². The van der Waals surface area contributed by atoms with Gasteiger partial charge < -0.3 is 15.0 Å². The van der Waals surface area contributed by atoms with E-state index in [0.717, 1.165) is 24.0 Å². The number of fused-ring (bicyclic) bond motifs is 2. The number of hydrogen-bond acceptors (Lipinski definition) is 4. The van der Waals surface area contributed by atoms with Crippen LogP contribution in [0.1, 0.15) is 52.9 Å². The Morgan fingerprint density at radius 3 is 2.53 bits per heavy atom. The number of piperidine rings is 1. The second kappa shape index (κ2) is 10.3. The zero-order valence-electron chi connectivity index (χ0n) is 20.3. The average molecular weight is 480 g/mol. The predicted octanol–water partition coefficient (Wildman–Crippen LogP) is 3.88. The summed E-state index contributed by atoms with van der Waals surface area (Å²) in [6.07, 6.45) is 4.48. The number of nitrogens with one attached hydrogen (secondary N) is 1. The number of ether oxygens (including phenoxy) is 1. The number of amides is 2. The van der Waals surface area contributed by atoms with Gasteiger partial charge in [-0.15, -0.1) is 0 Å². The summed E-state index contributed by atoms with van der Waals surface area (Å²) < 4.78 is 6.37. The van der Waals surface area contributed by atoms with Crippen molar-refractivity contribution < 1.29 is 14.3 Å². The van der Waals surface area contributed by atoms with Crippen LogP contribution in [-0.2, 0) is 14.9 Å². The highest BCUT2D eigenvalue weighted by Crippen LogP contribution is 2.52. The molecule has 2 aromatic carbocycles. The van der Waals surface area contributed by atoms with Crippen molar-refractivity contribution in [2.75, 3.05) is 19.7 Å². The van der Waals surface area contributed by atoms with Crippen LogP contribution < -0.4 is 5.32 Å². The Morgan fingerprint density at radius 1 is 1.06 bits per heavy atom. The monoisotopic (exact) mass is 479 g/mol. The lowest BCUT2D eigenvalue weighted by atomic mass is 9.71. The van der Waals surface area contributed by atoms with Crippen LogP contribution in [0.5, 0.6) is 0 Å². The average Bonchev–Trinajstić information content (AvgIpc) is 3.17. The van der Waals surface area contributed by atoms with Gasteiger partial charge in [-0.2, -0.15) is 0 Å². The molecule has 2 aliphatic rings. The van der Waals surface area contributed by atoms with Crippen LogP contribution in [-0.4, -0.2) is 47.5 Å². The Bertz CT molecular complexity index is 1290. The molecule has 6 nitrogen and oxygen atoms in total. The highest BCUT2D eigenvalue weighted by molar-refractivity contribution is 5.95. The number of hydrogen-bond donors (Lipinski definition) is 1. The van der Waals surface area contributed by atoms with E-state index in [1.807, 2.05) is 54.3 Å². The van der Waals surface area contributed by atoms with Crippen LogP contribution >= 0.6 is 0 Å². The number of likely N-dealkylation sites (tertiary alicyclic amines) is 1. The maximum absolute atomic E-state index is 13.1. The second-order valence-corrected chi connectivity index (χ2v) is 9.22. The molecule has 1 N–H and O–H groups in total. The Labute approximate surface area is 211 Å². The number of rotatable bonds is 4. The largest absolute Gasteiger partial charge is 0.375 e. The van der Waals surface area contributed by atoms with Crippen molar-refractivity contribution in [3.8, 4) is 11.8 Å². The third-order valence-corrected chi connectivity index (χ3v) is 7.27. The topological polar surface area (TPSA) is 71.5 Å². The molecule has 1 spiro atoms. The molecular formula is C30H29N3O3. The molecule has 0 radical (unpaired) electrons. The summed E-state index contributed by atoms with van der Waals surface area (Å²) >= 11 is 0. The van der Waals surface area contributed by atoms with Crippen LogP contribution in [0.4, 0.5) is 0 Å². The van der Waals surface area contributed by atoms with Crippen molar-refractivity contribution in [2.24, 2.45) is 0 Å². The summed E-state index contributed by atoms with van der Waals surface area (Å²) in [7, 11) is 0. The summed E-state index contributed by atoms with van der Waals surface area (Å²) in [6, 6.07) is 21.0. The van der Waals surface area contributed by atoms with Gasteiger partial charge in [0.2, 0.25) is 0 Å². The molecule has 5 rings (SSSR count). The number of carbonyl (C=O) groups is 2. The zero-order valence-corrected chi connectivity index (χ0v) is 20.3. The van der Waals surface area contributed by atoms with Crippen LogP contribution in [0.2, 0.25) is 0 Å². The minimum Gasteiger partial charge on any atom is -0.375 e. The summed E-state index contributed by atoms with van der Waals surface area (Å²) in [5.41, 5.74) is 3.33.